The van der Waals surface area contributed by atoms with Gasteiger partial charge in [0.2, 0.25) is 17.1 Å². The lowest BCUT2D eigenvalue weighted by Crippen LogP contribution is -2.37. The molecule has 0 radical (unpaired) electrons. The Morgan fingerprint density at radius 3 is 2.56 bits per heavy atom. The quantitative estimate of drug-likeness (QED) is 0.664. The van der Waals surface area contributed by atoms with E-state index in [-0.39, 0.29) is 5.95 Å². The number of halogens is 1. The maximum Gasteiger partial charge on any atom is 0.232 e. The molecule has 1 aliphatic heterocycles. The molecule has 2 aromatic heterocycles. The molecule has 1 aromatic carbocycles. The van der Waals surface area contributed by atoms with Crippen molar-refractivity contribution in [2.45, 2.75) is 17.1 Å². The maximum absolute atomic E-state index is 6.01. The molecular weight excluding hydrogens is 386 g/mol. The van der Waals surface area contributed by atoms with E-state index < -0.39 is 0 Å². The minimum atomic E-state index is 0.125. The van der Waals surface area contributed by atoms with Crippen LogP contribution in [0.3, 0.4) is 0 Å². The van der Waals surface area contributed by atoms with Crippen LogP contribution in [0, 0.1) is 6.92 Å². The van der Waals surface area contributed by atoms with E-state index in [0.29, 0.717) is 28.5 Å². The number of nitrogens with two attached hydrogens (primary N) is 1. The minimum Gasteiger partial charge on any atom is -0.378 e. The van der Waals surface area contributed by atoms with E-state index in [2.05, 4.69) is 44.1 Å². The summed E-state index contributed by atoms with van der Waals surface area (Å²) in [6.07, 6.45) is 0. The van der Waals surface area contributed by atoms with Crippen molar-refractivity contribution in [3.05, 3.63) is 41.0 Å². The van der Waals surface area contributed by atoms with Crippen LogP contribution in [0.2, 0.25) is 5.15 Å². The van der Waals surface area contributed by atoms with Crippen LogP contribution < -0.4 is 10.6 Å². The van der Waals surface area contributed by atoms with Crippen molar-refractivity contribution in [2.24, 2.45) is 0 Å². The number of morpholine rings is 1. The van der Waals surface area contributed by atoms with E-state index in [1.165, 1.54) is 17.3 Å². The van der Waals surface area contributed by atoms with Gasteiger partial charge >= 0.3 is 0 Å². The van der Waals surface area contributed by atoms with E-state index in [9.17, 15) is 0 Å². The summed E-state index contributed by atoms with van der Waals surface area (Å²) in [6, 6.07) is 9.88. The fraction of sp³-hybridized carbons (Fsp3) is 0.294. The third kappa shape index (κ3) is 4.00. The third-order valence-electron chi connectivity index (χ3n) is 4.09. The zero-order chi connectivity index (χ0) is 18.8. The Morgan fingerprint density at radius 1 is 1.11 bits per heavy atom. The number of ether oxygens (including phenoxy) is 1. The lowest BCUT2D eigenvalue weighted by molar-refractivity contribution is 0.122. The number of nitrogen functional groups attached to an aromatic ring is 1. The number of hydrogen-bond donors (Lipinski definition) is 1. The minimum absolute atomic E-state index is 0.125. The van der Waals surface area contributed by atoms with Gasteiger partial charge in [-0.05, 0) is 30.8 Å². The molecule has 3 heterocycles. The summed E-state index contributed by atoms with van der Waals surface area (Å²) in [5.74, 6) is 0.901. The number of nitrogens with zero attached hydrogens (tertiary/aromatic N) is 6. The van der Waals surface area contributed by atoms with Gasteiger partial charge in [-0.15, -0.1) is 10.2 Å². The van der Waals surface area contributed by atoms with Crippen LogP contribution in [0.25, 0.3) is 5.69 Å². The van der Waals surface area contributed by atoms with E-state index in [1.807, 2.05) is 16.7 Å². The highest BCUT2D eigenvalue weighted by molar-refractivity contribution is 7.99. The molecule has 10 heteroatoms. The van der Waals surface area contributed by atoms with Crippen LogP contribution in [-0.4, -0.2) is 51.0 Å². The Kier molecular flexibility index (Phi) is 5.15. The van der Waals surface area contributed by atoms with Gasteiger partial charge in [0.25, 0.3) is 0 Å². The molecule has 0 spiro atoms. The standard InChI is InChI=1S/C17H18ClN7OS/c1-11-2-4-12(5-3-11)25-16(24-6-8-26-9-7-24)22-23-17(25)27-14-10-13(18)20-15(19)21-14/h2-5,10H,6-9H2,1H3,(H2,19,20,21). The maximum atomic E-state index is 6.01. The van der Waals surface area contributed by atoms with Crippen molar-refractivity contribution in [3.8, 4) is 5.69 Å². The predicted octanol–water partition coefficient (Wildman–Crippen LogP) is 2.59. The highest BCUT2D eigenvalue weighted by atomic mass is 35.5. The zero-order valence-corrected chi connectivity index (χ0v) is 16.2. The van der Waals surface area contributed by atoms with Crippen molar-refractivity contribution in [1.82, 2.24) is 24.7 Å². The summed E-state index contributed by atoms with van der Waals surface area (Å²) in [5.41, 5.74) is 7.88. The highest BCUT2D eigenvalue weighted by Crippen LogP contribution is 2.32. The van der Waals surface area contributed by atoms with Gasteiger partial charge in [-0.3, -0.25) is 4.57 Å². The van der Waals surface area contributed by atoms with E-state index >= 15 is 0 Å². The molecular formula is C17H18ClN7OS. The summed E-state index contributed by atoms with van der Waals surface area (Å²) < 4.78 is 7.48. The molecule has 1 aliphatic rings. The van der Waals surface area contributed by atoms with Gasteiger partial charge < -0.3 is 15.4 Å². The Morgan fingerprint density at radius 2 is 1.85 bits per heavy atom. The molecule has 4 rings (SSSR count). The normalized spacial score (nSPS) is 14.5. The number of benzene rings is 1. The second-order valence-corrected chi connectivity index (χ2v) is 7.42. The first kappa shape index (κ1) is 18.0. The fourth-order valence-electron chi connectivity index (χ4n) is 2.78. The first-order valence-electron chi connectivity index (χ1n) is 8.43. The Labute approximate surface area is 165 Å². The largest absolute Gasteiger partial charge is 0.378 e. The molecule has 8 nitrogen and oxygen atoms in total. The summed E-state index contributed by atoms with van der Waals surface area (Å²) in [4.78, 5) is 10.3. The number of hydrogen-bond acceptors (Lipinski definition) is 8. The number of anilines is 2. The SMILES string of the molecule is Cc1ccc(-n2c(Sc3cc(Cl)nc(N)n3)nnc2N2CCOCC2)cc1. The monoisotopic (exact) mass is 403 g/mol. The van der Waals surface area contributed by atoms with Crippen LogP contribution in [0.15, 0.2) is 40.5 Å². The van der Waals surface area contributed by atoms with E-state index in [1.54, 1.807) is 6.07 Å². The molecule has 27 heavy (non-hydrogen) atoms. The molecule has 0 bridgehead atoms. The topological polar surface area (TPSA) is 95.0 Å². The molecule has 0 amide bonds. The second-order valence-electron chi connectivity index (χ2n) is 6.04. The fourth-order valence-corrected chi connectivity index (χ4v) is 3.89. The van der Waals surface area contributed by atoms with E-state index in [4.69, 9.17) is 22.1 Å². The summed E-state index contributed by atoms with van der Waals surface area (Å²) in [5, 5.41) is 10.4. The number of aryl methyl sites for hydroxylation is 1. The molecule has 140 valence electrons. The lowest BCUT2D eigenvalue weighted by Gasteiger charge is -2.27. The van der Waals surface area contributed by atoms with Gasteiger partial charge in [-0.2, -0.15) is 0 Å². The molecule has 0 atom stereocenters. The third-order valence-corrected chi connectivity index (χ3v) is 5.15. The number of aromatic nitrogens is 5. The van der Waals surface area contributed by atoms with Crippen molar-refractivity contribution < 1.29 is 4.74 Å². The molecule has 0 saturated carbocycles. The van der Waals surface area contributed by atoms with Gasteiger partial charge in [0.15, 0.2) is 0 Å². The predicted molar refractivity (Wildman–Crippen MR) is 105 cm³/mol. The lowest BCUT2D eigenvalue weighted by atomic mass is 10.2. The molecule has 3 aromatic rings. The first-order chi connectivity index (χ1) is 13.1. The molecule has 0 unspecified atom stereocenters. The summed E-state index contributed by atoms with van der Waals surface area (Å²) >= 11 is 7.35. The van der Waals surface area contributed by atoms with Crippen LogP contribution in [-0.2, 0) is 4.74 Å². The summed E-state index contributed by atoms with van der Waals surface area (Å²) in [6.45, 7) is 4.92. The number of rotatable bonds is 4. The molecule has 2 N–H and O–H groups in total. The molecule has 1 fully saturated rings. The molecule has 1 saturated heterocycles. The average molecular weight is 404 g/mol. The van der Waals surface area contributed by atoms with Crippen LogP contribution in [0.1, 0.15) is 5.56 Å². The smallest absolute Gasteiger partial charge is 0.232 e. The van der Waals surface area contributed by atoms with Crippen molar-refractivity contribution in [3.63, 3.8) is 0 Å². The van der Waals surface area contributed by atoms with Crippen LogP contribution in [0.4, 0.5) is 11.9 Å². The van der Waals surface area contributed by atoms with Gasteiger partial charge in [0.05, 0.1) is 18.9 Å². The molecule has 0 aliphatic carbocycles. The van der Waals surface area contributed by atoms with Crippen LogP contribution in [0.5, 0.6) is 0 Å². The van der Waals surface area contributed by atoms with Gasteiger partial charge in [0, 0.05) is 19.2 Å². The van der Waals surface area contributed by atoms with Gasteiger partial charge in [-0.1, -0.05) is 29.3 Å². The Balaban J connectivity index is 1.76. The Hall–Kier alpha value is -2.36. The van der Waals surface area contributed by atoms with E-state index in [0.717, 1.165) is 24.7 Å². The van der Waals surface area contributed by atoms with Crippen LogP contribution >= 0.6 is 23.4 Å². The van der Waals surface area contributed by atoms with Gasteiger partial charge in [0.1, 0.15) is 10.2 Å². The first-order valence-corrected chi connectivity index (χ1v) is 9.62. The second kappa shape index (κ2) is 7.71. The van der Waals surface area contributed by atoms with Crippen molar-refractivity contribution in [2.75, 3.05) is 36.9 Å². The zero-order valence-electron chi connectivity index (χ0n) is 14.7. The summed E-state index contributed by atoms with van der Waals surface area (Å²) in [7, 11) is 0. The van der Waals surface area contributed by atoms with Crippen molar-refractivity contribution >= 4 is 35.3 Å². The van der Waals surface area contributed by atoms with Crippen molar-refractivity contribution in [1.29, 1.82) is 0 Å². The highest BCUT2D eigenvalue weighted by Gasteiger charge is 2.22. The average Bonchev–Trinajstić information content (AvgIpc) is 3.06. The Bertz CT molecular complexity index is 921. The van der Waals surface area contributed by atoms with Gasteiger partial charge in [-0.25, -0.2) is 9.97 Å².